The molecule has 0 aliphatic heterocycles. The van der Waals surface area contributed by atoms with Crippen molar-refractivity contribution in [3.8, 4) is 0 Å². The van der Waals surface area contributed by atoms with Gasteiger partial charge in [0, 0.05) is 12.1 Å². The first-order valence-corrected chi connectivity index (χ1v) is 8.88. The molecule has 0 atom stereocenters. The highest BCUT2D eigenvalue weighted by molar-refractivity contribution is 6.03. The van der Waals surface area contributed by atoms with Crippen LogP contribution in [0, 0.1) is 0 Å². The first-order chi connectivity index (χ1) is 12.6. The van der Waals surface area contributed by atoms with Crippen molar-refractivity contribution in [2.45, 2.75) is 46.0 Å². The van der Waals surface area contributed by atoms with Gasteiger partial charge in [-0.3, -0.25) is 9.59 Å². The first-order valence-electron chi connectivity index (χ1n) is 8.88. The summed E-state index contributed by atoms with van der Waals surface area (Å²) in [5.41, 5.74) is 4.82. The molecule has 2 aromatic rings. The molecule has 0 aliphatic carbocycles. The molecule has 0 spiro atoms. The van der Waals surface area contributed by atoms with Crippen LogP contribution in [-0.2, 0) is 4.79 Å². The Balaban J connectivity index is 1.84. The summed E-state index contributed by atoms with van der Waals surface area (Å²) >= 11 is 0. The molecule has 138 valence electrons. The van der Waals surface area contributed by atoms with Crippen LogP contribution >= 0.6 is 0 Å². The molecule has 26 heavy (non-hydrogen) atoms. The Morgan fingerprint density at radius 2 is 1.85 bits per heavy atom. The first kappa shape index (κ1) is 19.4. The van der Waals surface area contributed by atoms with Gasteiger partial charge in [0.15, 0.2) is 5.76 Å². The summed E-state index contributed by atoms with van der Waals surface area (Å²) in [6.45, 7) is 3.97. The van der Waals surface area contributed by atoms with Crippen LogP contribution in [0.4, 0.5) is 5.69 Å². The van der Waals surface area contributed by atoms with E-state index in [0.717, 1.165) is 31.2 Å². The highest BCUT2D eigenvalue weighted by Crippen LogP contribution is 2.12. The van der Waals surface area contributed by atoms with Gasteiger partial charge in [0.25, 0.3) is 5.91 Å². The fraction of sp³-hybridized carbons (Fsp3) is 0.350. The van der Waals surface area contributed by atoms with Gasteiger partial charge in [-0.25, -0.2) is 5.43 Å². The Morgan fingerprint density at radius 1 is 1.08 bits per heavy atom. The molecule has 1 heterocycles. The van der Waals surface area contributed by atoms with E-state index < -0.39 is 0 Å². The summed E-state index contributed by atoms with van der Waals surface area (Å²) in [4.78, 5) is 23.7. The lowest BCUT2D eigenvalue weighted by Gasteiger charge is -2.06. The fourth-order valence-corrected chi connectivity index (χ4v) is 2.37. The molecule has 0 radical (unpaired) electrons. The third-order valence-corrected chi connectivity index (χ3v) is 3.91. The molecule has 6 heteroatoms. The van der Waals surface area contributed by atoms with E-state index in [0.29, 0.717) is 17.8 Å². The van der Waals surface area contributed by atoms with Gasteiger partial charge in [0.05, 0.1) is 12.0 Å². The zero-order chi connectivity index (χ0) is 18.8. The molecular weight excluding hydrogens is 330 g/mol. The number of carbonyl (C=O) groups excluding carboxylic acids is 2. The van der Waals surface area contributed by atoms with Crippen molar-refractivity contribution in [2.75, 3.05) is 5.32 Å². The molecule has 0 bridgehead atoms. The summed E-state index contributed by atoms with van der Waals surface area (Å²) in [6.07, 6.45) is 6.20. The van der Waals surface area contributed by atoms with E-state index in [2.05, 4.69) is 22.8 Å². The van der Waals surface area contributed by atoms with E-state index >= 15 is 0 Å². The minimum Gasteiger partial charge on any atom is -0.459 e. The molecule has 2 amide bonds. The summed E-state index contributed by atoms with van der Waals surface area (Å²) in [5, 5.41) is 6.89. The molecule has 0 fully saturated rings. The summed E-state index contributed by atoms with van der Waals surface area (Å²) in [7, 11) is 0. The number of hydrazone groups is 1. The topological polar surface area (TPSA) is 83.7 Å². The Kier molecular flexibility index (Phi) is 7.61. The average Bonchev–Trinajstić information content (AvgIpc) is 3.19. The molecule has 2 rings (SSSR count). The molecule has 0 saturated heterocycles. The average molecular weight is 355 g/mol. The third kappa shape index (κ3) is 6.20. The Bertz CT molecular complexity index is 734. The van der Waals surface area contributed by atoms with Crippen LogP contribution in [0.15, 0.2) is 52.2 Å². The van der Waals surface area contributed by atoms with Crippen LogP contribution in [-0.4, -0.2) is 17.5 Å². The highest BCUT2D eigenvalue weighted by atomic mass is 16.3. The molecule has 2 N–H and O–H groups in total. The second-order valence-corrected chi connectivity index (χ2v) is 6.05. The SMILES string of the molecule is CCCCCCC(=O)N/N=C(\C)c1ccc(NC(=O)c2ccco2)cc1. The maximum atomic E-state index is 11.9. The number of benzene rings is 1. The number of hydrogen-bond acceptors (Lipinski definition) is 4. The normalized spacial score (nSPS) is 11.2. The molecular formula is C20H25N3O3. The van der Waals surface area contributed by atoms with Crippen molar-refractivity contribution in [1.82, 2.24) is 5.43 Å². The number of amides is 2. The van der Waals surface area contributed by atoms with Gasteiger partial charge in [0.2, 0.25) is 5.91 Å². The smallest absolute Gasteiger partial charge is 0.291 e. The number of anilines is 1. The van der Waals surface area contributed by atoms with Crippen molar-refractivity contribution in [2.24, 2.45) is 5.10 Å². The number of rotatable bonds is 9. The minimum absolute atomic E-state index is 0.0669. The highest BCUT2D eigenvalue weighted by Gasteiger charge is 2.08. The predicted octanol–water partition coefficient (Wildman–Crippen LogP) is 4.34. The van der Waals surface area contributed by atoms with Gasteiger partial charge in [0.1, 0.15) is 0 Å². The maximum absolute atomic E-state index is 11.9. The molecule has 1 aromatic heterocycles. The summed E-state index contributed by atoms with van der Waals surface area (Å²) in [6, 6.07) is 10.5. The van der Waals surface area contributed by atoms with E-state index in [1.165, 1.54) is 6.26 Å². The molecule has 0 aliphatic rings. The fourth-order valence-electron chi connectivity index (χ4n) is 2.37. The quantitative estimate of drug-likeness (QED) is 0.399. The van der Waals surface area contributed by atoms with Crippen LogP contribution in [0.5, 0.6) is 0 Å². The van der Waals surface area contributed by atoms with Crippen molar-refractivity contribution in [3.05, 3.63) is 54.0 Å². The lowest BCUT2D eigenvalue weighted by atomic mass is 10.1. The maximum Gasteiger partial charge on any atom is 0.291 e. The third-order valence-electron chi connectivity index (χ3n) is 3.91. The summed E-state index contributed by atoms with van der Waals surface area (Å²) in [5.74, 6) is -0.111. The van der Waals surface area contributed by atoms with Crippen molar-refractivity contribution < 1.29 is 14.0 Å². The second kappa shape index (κ2) is 10.2. The largest absolute Gasteiger partial charge is 0.459 e. The van der Waals surface area contributed by atoms with Gasteiger partial charge in [-0.2, -0.15) is 5.10 Å². The van der Waals surface area contributed by atoms with E-state index in [9.17, 15) is 9.59 Å². The standard InChI is InChI=1S/C20H25N3O3/c1-3-4-5-6-9-19(24)23-22-15(2)16-10-12-17(13-11-16)21-20(25)18-8-7-14-26-18/h7-8,10-14H,3-6,9H2,1-2H3,(H,21,25)(H,23,24)/b22-15+. The van der Waals surface area contributed by atoms with Gasteiger partial charge in [-0.05, 0) is 43.2 Å². The van der Waals surface area contributed by atoms with Crippen molar-refractivity contribution in [3.63, 3.8) is 0 Å². The van der Waals surface area contributed by atoms with Crippen LogP contribution in [0.2, 0.25) is 0 Å². The Morgan fingerprint density at radius 3 is 2.50 bits per heavy atom. The number of unbranched alkanes of at least 4 members (excludes halogenated alkanes) is 3. The second-order valence-electron chi connectivity index (χ2n) is 6.05. The van der Waals surface area contributed by atoms with E-state index in [-0.39, 0.29) is 17.6 Å². The number of furan rings is 1. The van der Waals surface area contributed by atoms with Crippen molar-refractivity contribution >= 4 is 23.2 Å². The lowest BCUT2D eigenvalue weighted by molar-refractivity contribution is -0.121. The lowest BCUT2D eigenvalue weighted by Crippen LogP contribution is -2.18. The zero-order valence-electron chi connectivity index (χ0n) is 15.2. The Hall–Kier alpha value is -2.89. The van der Waals surface area contributed by atoms with Crippen LogP contribution < -0.4 is 10.7 Å². The van der Waals surface area contributed by atoms with Gasteiger partial charge in [-0.15, -0.1) is 0 Å². The van der Waals surface area contributed by atoms with Crippen LogP contribution in [0.25, 0.3) is 0 Å². The predicted molar refractivity (Wildman–Crippen MR) is 102 cm³/mol. The van der Waals surface area contributed by atoms with Gasteiger partial charge < -0.3 is 9.73 Å². The summed E-state index contributed by atoms with van der Waals surface area (Å²) < 4.78 is 5.05. The minimum atomic E-state index is -0.302. The molecule has 6 nitrogen and oxygen atoms in total. The number of nitrogens with one attached hydrogen (secondary N) is 2. The molecule has 0 unspecified atom stereocenters. The van der Waals surface area contributed by atoms with E-state index in [1.807, 2.05) is 19.1 Å². The number of nitrogens with zero attached hydrogens (tertiary/aromatic N) is 1. The van der Waals surface area contributed by atoms with Gasteiger partial charge >= 0.3 is 0 Å². The monoisotopic (exact) mass is 355 g/mol. The zero-order valence-corrected chi connectivity index (χ0v) is 15.2. The van der Waals surface area contributed by atoms with Gasteiger partial charge in [-0.1, -0.05) is 38.3 Å². The van der Waals surface area contributed by atoms with Crippen molar-refractivity contribution in [1.29, 1.82) is 0 Å². The number of hydrogen-bond donors (Lipinski definition) is 2. The molecule has 0 saturated carbocycles. The van der Waals surface area contributed by atoms with Crippen LogP contribution in [0.1, 0.15) is 62.1 Å². The molecule has 1 aromatic carbocycles. The number of carbonyl (C=O) groups is 2. The van der Waals surface area contributed by atoms with E-state index in [4.69, 9.17) is 4.42 Å². The van der Waals surface area contributed by atoms with Crippen LogP contribution in [0.3, 0.4) is 0 Å². The van der Waals surface area contributed by atoms with E-state index in [1.54, 1.807) is 24.3 Å². The Labute approximate surface area is 153 Å².